The molecule has 2 N–H and O–H groups in total. The molecular weight excluding hydrogens is 490 g/mol. The van der Waals surface area contributed by atoms with Gasteiger partial charge in [-0.25, -0.2) is 0 Å². The number of hydrogen-bond acceptors (Lipinski definition) is 6. The van der Waals surface area contributed by atoms with Gasteiger partial charge in [-0.1, -0.05) is 52.0 Å². The van der Waals surface area contributed by atoms with Crippen LogP contribution in [0.5, 0.6) is 23.0 Å². The van der Waals surface area contributed by atoms with E-state index in [-0.39, 0.29) is 29.7 Å². The van der Waals surface area contributed by atoms with Crippen LogP contribution in [0.1, 0.15) is 63.8 Å². The summed E-state index contributed by atoms with van der Waals surface area (Å²) in [7, 11) is 5.16. The zero-order valence-electron chi connectivity index (χ0n) is 24.2. The summed E-state index contributed by atoms with van der Waals surface area (Å²) in [5.74, 6) is 0.871. The molecule has 0 radical (unpaired) electrons. The first-order valence-corrected chi connectivity index (χ1v) is 13.1. The van der Waals surface area contributed by atoms with Crippen LogP contribution < -0.4 is 14.4 Å². The molecule has 1 aliphatic heterocycles. The molecule has 1 heterocycles. The number of ether oxygens (including phenoxy) is 2. The van der Waals surface area contributed by atoms with E-state index in [1.165, 1.54) is 0 Å². The lowest BCUT2D eigenvalue weighted by molar-refractivity contribution is -0.117. The lowest BCUT2D eigenvalue weighted by atomic mass is 9.73. The topological polar surface area (TPSA) is 79.2 Å². The highest BCUT2D eigenvalue weighted by atomic mass is 16.5. The SMILES string of the molecule is C=CC(C)(C)c1c(O)c(O)c(C(C)(C)C=C)c2c3c(ccc12)-c1ccc(OC)c(OC)c1[C@H](CC(C)=O)N3C. The number of phenolic OH excluding ortho intramolecular Hbond substituents is 2. The highest BCUT2D eigenvalue weighted by Gasteiger charge is 2.39. The molecule has 3 aromatic rings. The van der Waals surface area contributed by atoms with Gasteiger partial charge in [0.15, 0.2) is 23.0 Å². The number of methoxy groups -OCH3 is 2. The minimum absolute atomic E-state index is 0.0342. The molecule has 0 spiro atoms. The summed E-state index contributed by atoms with van der Waals surface area (Å²) in [6, 6.07) is 7.54. The number of nitrogens with zero attached hydrogens (tertiary/aromatic N) is 1. The molecule has 206 valence electrons. The number of rotatable bonds is 8. The monoisotopic (exact) mass is 529 g/mol. The van der Waals surface area contributed by atoms with Crippen molar-refractivity contribution in [1.29, 1.82) is 0 Å². The van der Waals surface area contributed by atoms with Crippen molar-refractivity contribution in [2.45, 2.75) is 57.9 Å². The van der Waals surface area contributed by atoms with Crippen molar-refractivity contribution in [2.75, 3.05) is 26.2 Å². The first kappa shape index (κ1) is 28.1. The Morgan fingerprint density at radius 1 is 0.949 bits per heavy atom. The van der Waals surface area contributed by atoms with Crippen molar-refractivity contribution < 1.29 is 24.5 Å². The van der Waals surface area contributed by atoms with Gasteiger partial charge in [-0.05, 0) is 30.0 Å². The van der Waals surface area contributed by atoms with Gasteiger partial charge in [-0.2, -0.15) is 0 Å². The average molecular weight is 530 g/mol. The molecule has 0 saturated carbocycles. The molecule has 6 nitrogen and oxygen atoms in total. The third-order valence-corrected chi connectivity index (χ3v) is 8.21. The minimum atomic E-state index is -0.694. The fourth-order valence-electron chi connectivity index (χ4n) is 5.98. The van der Waals surface area contributed by atoms with Gasteiger partial charge in [-0.15, -0.1) is 13.2 Å². The number of ketones is 1. The Kier molecular flexibility index (Phi) is 6.97. The molecule has 39 heavy (non-hydrogen) atoms. The normalized spacial score (nSPS) is 15.0. The maximum absolute atomic E-state index is 12.6. The van der Waals surface area contributed by atoms with Crippen LogP contribution in [0.4, 0.5) is 5.69 Å². The fraction of sp³-hybridized carbons (Fsp3) is 0.364. The van der Waals surface area contributed by atoms with E-state index in [2.05, 4.69) is 18.1 Å². The van der Waals surface area contributed by atoms with Gasteiger partial charge in [-0.3, -0.25) is 4.79 Å². The Morgan fingerprint density at radius 2 is 1.51 bits per heavy atom. The van der Waals surface area contributed by atoms with Crippen LogP contribution in [0.3, 0.4) is 0 Å². The van der Waals surface area contributed by atoms with Crippen LogP contribution in [-0.4, -0.2) is 37.3 Å². The molecular formula is C33H39NO5. The Balaban J connectivity index is 2.31. The number of fused-ring (bicyclic) bond motifs is 5. The fourth-order valence-corrected chi connectivity index (χ4v) is 5.98. The highest BCUT2D eigenvalue weighted by molar-refractivity contribution is 6.10. The predicted octanol–water partition coefficient (Wildman–Crippen LogP) is 7.33. The largest absolute Gasteiger partial charge is 0.504 e. The second-order valence-corrected chi connectivity index (χ2v) is 11.5. The maximum atomic E-state index is 12.6. The van der Waals surface area contributed by atoms with Gasteiger partial charge in [0.1, 0.15) is 5.78 Å². The van der Waals surface area contributed by atoms with Crippen molar-refractivity contribution in [2.24, 2.45) is 0 Å². The number of carbonyl (C=O) groups is 1. The summed E-state index contributed by atoms with van der Waals surface area (Å²) in [6.45, 7) is 17.5. The summed E-state index contributed by atoms with van der Waals surface area (Å²) >= 11 is 0. The van der Waals surface area contributed by atoms with Crippen LogP contribution in [0.25, 0.3) is 21.9 Å². The molecule has 0 saturated heterocycles. The van der Waals surface area contributed by atoms with Crippen molar-refractivity contribution >= 4 is 22.2 Å². The third-order valence-electron chi connectivity index (χ3n) is 8.21. The van der Waals surface area contributed by atoms with Crippen molar-refractivity contribution in [3.05, 3.63) is 66.3 Å². The molecule has 0 bridgehead atoms. The number of anilines is 1. The Bertz CT molecular complexity index is 1510. The first-order valence-electron chi connectivity index (χ1n) is 13.1. The van der Waals surface area contributed by atoms with Gasteiger partial charge < -0.3 is 24.6 Å². The highest BCUT2D eigenvalue weighted by Crippen LogP contribution is 2.58. The third kappa shape index (κ3) is 4.13. The Hall–Kier alpha value is -3.93. The number of phenols is 2. The first-order chi connectivity index (χ1) is 18.3. The van der Waals surface area contributed by atoms with Gasteiger partial charge in [0.25, 0.3) is 0 Å². The number of Topliss-reactive ketones (excluding diaryl/α,β-unsaturated/α-hetero) is 1. The van der Waals surface area contributed by atoms with Crippen LogP contribution in [0.15, 0.2) is 49.6 Å². The summed E-state index contributed by atoms with van der Waals surface area (Å²) in [6.07, 6.45) is 3.79. The molecule has 0 amide bonds. The molecule has 0 aliphatic carbocycles. The number of aromatic hydroxyl groups is 2. The zero-order valence-corrected chi connectivity index (χ0v) is 24.2. The van der Waals surface area contributed by atoms with Crippen molar-refractivity contribution in [3.63, 3.8) is 0 Å². The number of benzene rings is 3. The lowest BCUT2D eigenvalue weighted by Gasteiger charge is -2.41. The second kappa shape index (κ2) is 9.67. The van der Waals surface area contributed by atoms with Crippen LogP contribution >= 0.6 is 0 Å². The molecule has 3 aromatic carbocycles. The average Bonchev–Trinajstić information content (AvgIpc) is 2.89. The van der Waals surface area contributed by atoms with Crippen LogP contribution in [-0.2, 0) is 15.6 Å². The van der Waals surface area contributed by atoms with E-state index < -0.39 is 10.8 Å². The Labute approximate surface area is 231 Å². The quantitative estimate of drug-likeness (QED) is 0.235. The van der Waals surface area contributed by atoms with Crippen molar-refractivity contribution in [1.82, 2.24) is 0 Å². The molecule has 4 rings (SSSR count). The molecule has 0 fully saturated rings. The zero-order chi connectivity index (χ0) is 29.0. The van der Waals surface area contributed by atoms with Crippen molar-refractivity contribution in [3.8, 4) is 34.1 Å². The summed E-state index contributed by atoms with van der Waals surface area (Å²) in [4.78, 5) is 14.7. The number of allylic oxidation sites excluding steroid dienone is 2. The van der Waals surface area contributed by atoms with Gasteiger partial charge in [0.2, 0.25) is 0 Å². The van der Waals surface area contributed by atoms with Gasteiger partial charge >= 0.3 is 0 Å². The predicted molar refractivity (Wildman–Crippen MR) is 159 cm³/mol. The lowest BCUT2D eigenvalue weighted by Crippen LogP contribution is -2.31. The number of carbonyl (C=O) groups excluding carboxylic acids is 1. The molecule has 1 aliphatic rings. The summed E-state index contributed by atoms with van der Waals surface area (Å²) in [5, 5.41) is 24.6. The molecule has 0 aromatic heterocycles. The van der Waals surface area contributed by atoms with Gasteiger partial charge in [0.05, 0.1) is 25.9 Å². The van der Waals surface area contributed by atoms with E-state index in [4.69, 9.17) is 9.47 Å². The van der Waals surface area contributed by atoms with E-state index in [9.17, 15) is 15.0 Å². The smallest absolute Gasteiger partial charge is 0.166 e. The van der Waals surface area contributed by atoms with E-state index in [1.807, 2.05) is 59.0 Å². The van der Waals surface area contributed by atoms with Crippen LogP contribution in [0, 0.1) is 0 Å². The maximum Gasteiger partial charge on any atom is 0.166 e. The van der Waals surface area contributed by atoms with E-state index in [0.717, 1.165) is 33.2 Å². The van der Waals surface area contributed by atoms with Crippen LogP contribution in [0.2, 0.25) is 0 Å². The molecule has 0 unspecified atom stereocenters. The standard InChI is InChI=1S/C33H39NO5/c1-11-32(4,5)26-21-14-13-20-19-15-16-23(38-9)31(39-10)24(19)22(17-18(3)35)34(8)28(20)25(21)27(30(37)29(26)36)33(6,7)12-2/h11-16,22,36-37H,1-2,17H2,3-10H3/t22-/m0/s1. The number of hydrogen-bond donors (Lipinski definition) is 2. The van der Waals surface area contributed by atoms with Gasteiger partial charge in [0, 0.05) is 51.9 Å². The summed E-state index contributed by atoms with van der Waals surface area (Å²) < 4.78 is 11.5. The molecule has 1 atom stereocenters. The Morgan fingerprint density at radius 3 is 2.05 bits per heavy atom. The van der Waals surface area contributed by atoms with E-state index >= 15 is 0 Å². The minimum Gasteiger partial charge on any atom is -0.504 e. The second-order valence-electron chi connectivity index (χ2n) is 11.5. The molecule has 6 heteroatoms. The van der Waals surface area contributed by atoms with E-state index in [1.54, 1.807) is 33.3 Å². The summed E-state index contributed by atoms with van der Waals surface area (Å²) in [5.41, 5.74) is 3.41. The van der Waals surface area contributed by atoms with E-state index in [0.29, 0.717) is 22.6 Å².